The second-order valence-electron chi connectivity index (χ2n) is 8.22. The number of hydrogen-bond acceptors (Lipinski definition) is 4. The van der Waals surface area contributed by atoms with E-state index >= 15 is 0 Å². The average molecular weight is 445 g/mol. The van der Waals surface area contributed by atoms with Gasteiger partial charge in [0, 0.05) is 37.8 Å². The molecule has 2 atom stereocenters. The van der Waals surface area contributed by atoms with Crippen LogP contribution in [0.4, 0.5) is 0 Å². The zero-order chi connectivity index (χ0) is 23.8. The summed E-state index contributed by atoms with van der Waals surface area (Å²) in [6, 6.07) is -0.340. The van der Waals surface area contributed by atoms with Crippen molar-refractivity contribution in [1.82, 2.24) is 10.2 Å². The second kappa shape index (κ2) is 16.1. The van der Waals surface area contributed by atoms with Crippen LogP contribution in [-0.4, -0.2) is 42.3 Å². The fraction of sp³-hybridized carbons (Fsp3) is 0.654. The molecule has 0 saturated carbocycles. The molecule has 0 aromatic carbocycles. The smallest absolute Gasteiger partial charge is 0.257 e. The molecule has 0 aromatic heterocycles. The highest BCUT2D eigenvalue weighted by molar-refractivity contribution is 6.04. The van der Waals surface area contributed by atoms with E-state index < -0.39 is 0 Å². The highest BCUT2D eigenvalue weighted by Crippen LogP contribution is 2.27. The van der Waals surface area contributed by atoms with Gasteiger partial charge in [-0.05, 0) is 44.9 Å². The lowest BCUT2D eigenvalue weighted by molar-refractivity contribution is -0.146. The maximum absolute atomic E-state index is 13.0. The summed E-state index contributed by atoms with van der Waals surface area (Å²) < 4.78 is 5.39. The molecule has 0 fully saturated rings. The van der Waals surface area contributed by atoms with Crippen LogP contribution in [0.15, 0.2) is 25.0 Å². The average Bonchev–Trinajstić information content (AvgIpc) is 3.12. The molecule has 2 aliphatic rings. The molecule has 3 amide bonds. The van der Waals surface area contributed by atoms with Crippen molar-refractivity contribution in [3.63, 3.8) is 0 Å². The summed E-state index contributed by atoms with van der Waals surface area (Å²) in [5.74, 6) is 6.43. The molecule has 0 radical (unpaired) electrons. The Kier molecular flexibility index (Phi) is 13.9. The molecule has 0 bridgehead atoms. The van der Waals surface area contributed by atoms with Gasteiger partial charge in [-0.3, -0.25) is 19.3 Å². The van der Waals surface area contributed by atoms with E-state index in [0.717, 1.165) is 64.2 Å². The summed E-state index contributed by atoms with van der Waals surface area (Å²) in [5, 5.41) is 2.96. The standard InChI is InChI=1S/C24H36N2O4.C2H4/c1-19-14-10-8-6-4-3-5-7-9-11-16-22(27)25-17-13-12-15-20-21(30-2)18-23(28)26(20)24(19)29;1-2/h18-20H,5-17H2,1-2H3,(H,25,27);1-2H2/t19?,20-;/m0./s1. The van der Waals surface area contributed by atoms with E-state index in [1.807, 2.05) is 6.92 Å². The van der Waals surface area contributed by atoms with Gasteiger partial charge in [-0.15, -0.1) is 25.0 Å². The number of imide groups is 1. The topological polar surface area (TPSA) is 75.7 Å². The maximum Gasteiger partial charge on any atom is 0.257 e. The van der Waals surface area contributed by atoms with Crippen molar-refractivity contribution in [3.8, 4) is 11.8 Å². The maximum atomic E-state index is 13.0. The van der Waals surface area contributed by atoms with Gasteiger partial charge in [0.1, 0.15) is 5.76 Å². The Morgan fingerprint density at radius 1 is 0.969 bits per heavy atom. The van der Waals surface area contributed by atoms with Crippen LogP contribution in [0.3, 0.4) is 0 Å². The van der Waals surface area contributed by atoms with Gasteiger partial charge in [-0.25, -0.2) is 0 Å². The molecular formula is C26H40N2O4. The number of ether oxygens (including phenoxy) is 1. The number of carbonyl (C=O) groups excluding carboxylic acids is 3. The molecule has 6 nitrogen and oxygen atoms in total. The molecule has 2 aliphatic heterocycles. The molecule has 2 heterocycles. The van der Waals surface area contributed by atoms with Gasteiger partial charge < -0.3 is 10.1 Å². The van der Waals surface area contributed by atoms with Crippen molar-refractivity contribution in [1.29, 1.82) is 0 Å². The number of nitrogens with one attached hydrogen (secondary N) is 1. The van der Waals surface area contributed by atoms with Gasteiger partial charge >= 0.3 is 0 Å². The van der Waals surface area contributed by atoms with E-state index in [1.165, 1.54) is 18.1 Å². The van der Waals surface area contributed by atoms with Crippen molar-refractivity contribution >= 4 is 17.7 Å². The number of hydrogen-bond donors (Lipinski definition) is 1. The Morgan fingerprint density at radius 3 is 2.31 bits per heavy atom. The summed E-state index contributed by atoms with van der Waals surface area (Å²) >= 11 is 0. The molecule has 178 valence electrons. The van der Waals surface area contributed by atoms with E-state index in [1.54, 1.807) is 0 Å². The van der Waals surface area contributed by atoms with E-state index in [-0.39, 0.29) is 29.7 Å². The van der Waals surface area contributed by atoms with Crippen LogP contribution in [0, 0.1) is 17.8 Å². The first kappa shape index (κ1) is 27.5. The van der Waals surface area contributed by atoms with Crippen LogP contribution in [0.2, 0.25) is 0 Å². The lowest BCUT2D eigenvalue weighted by atomic mass is 10.00. The number of fused-ring (bicyclic) bond motifs is 1. The first-order valence-electron chi connectivity index (χ1n) is 11.9. The molecule has 0 saturated heterocycles. The quantitative estimate of drug-likeness (QED) is 0.367. The van der Waals surface area contributed by atoms with Gasteiger partial charge in [-0.2, -0.15) is 0 Å². The third-order valence-electron chi connectivity index (χ3n) is 5.78. The molecule has 1 N–H and O–H groups in total. The van der Waals surface area contributed by atoms with Gasteiger partial charge in [0.2, 0.25) is 11.8 Å². The Bertz CT molecular complexity index is 704. The number of nitrogens with zero attached hydrogens (tertiary/aromatic N) is 1. The second-order valence-corrected chi connectivity index (χ2v) is 8.22. The van der Waals surface area contributed by atoms with Crippen molar-refractivity contribution in [2.45, 2.75) is 90.0 Å². The highest BCUT2D eigenvalue weighted by Gasteiger charge is 2.39. The Morgan fingerprint density at radius 2 is 1.62 bits per heavy atom. The lowest BCUT2D eigenvalue weighted by Crippen LogP contribution is -2.43. The number of carbonyl (C=O) groups is 3. The van der Waals surface area contributed by atoms with Crippen molar-refractivity contribution < 1.29 is 19.1 Å². The van der Waals surface area contributed by atoms with Crippen molar-refractivity contribution in [2.24, 2.45) is 5.92 Å². The SMILES string of the molecule is C=C.COC1=CC(=O)N2C(=O)C(C)CCCCC#CCCCCCC(=O)NCCCC[C@@H]12. The van der Waals surface area contributed by atoms with Crippen LogP contribution >= 0.6 is 0 Å². The Hall–Kier alpha value is -2.55. The molecule has 6 heteroatoms. The summed E-state index contributed by atoms with van der Waals surface area (Å²) in [4.78, 5) is 38.8. The third-order valence-corrected chi connectivity index (χ3v) is 5.78. The predicted molar refractivity (Wildman–Crippen MR) is 127 cm³/mol. The normalized spacial score (nSPS) is 24.4. The number of amides is 3. The summed E-state index contributed by atoms with van der Waals surface area (Å²) in [5.41, 5.74) is 0. The Balaban J connectivity index is 0.00000249. The molecule has 32 heavy (non-hydrogen) atoms. The fourth-order valence-corrected chi connectivity index (χ4v) is 3.95. The number of rotatable bonds is 1. The largest absolute Gasteiger partial charge is 0.499 e. The highest BCUT2D eigenvalue weighted by atomic mass is 16.5. The lowest BCUT2D eigenvalue weighted by Gasteiger charge is -2.27. The summed E-state index contributed by atoms with van der Waals surface area (Å²) in [6.07, 6.45) is 11.6. The predicted octanol–water partition coefficient (Wildman–Crippen LogP) is 4.51. The van der Waals surface area contributed by atoms with Crippen molar-refractivity contribution in [2.75, 3.05) is 13.7 Å². The first-order chi connectivity index (χ1) is 15.5. The molecular weight excluding hydrogens is 404 g/mol. The van der Waals surface area contributed by atoms with Gasteiger partial charge in [-0.1, -0.05) is 19.8 Å². The molecule has 0 spiro atoms. The monoisotopic (exact) mass is 444 g/mol. The third kappa shape index (κ3) is 9.30. The van der Waals surface area contributed by atoms with Crippen LogP contribution < -0.4 is 5.32 Å². The van der Waals surface area contributed by atoms with Crippen LogP contribution in [0.5, 0.6) is 0 Å². The number of methoxy groups -OCH3 is 1. The molecule has 0 aromatic rings. The molecule has 1 unspecified atom stereocenters. The Labute approximate surface area is 193 Å². The van der Waals surface area contributed by atoms with Crippen LogP contribution in [0.25, 0.3) is 0 Å². The van der Waals surface area contributed by atoms with E-state index in [9.17, 15) is 14.4 Å². The zero-order valence-corrected chi connectivity index (χ0v) is 19.9. The summed E-state index contributed by atoms with van der Waals surface area (Å²) in [6.45, 7) is 8.51. The van der Waals surface area contributed by atoms with Crippen LogP contribution in [-0.2, 0) is 19.1 Å². The fourth-order valence-electron chi connectivity index (χ4n) is 3.95. The minimum atomic E-state index is -0.340. The van der Waals surface area contributed by atoms with E-state index in [4.69, 9.17) is 4.74 Å². The van der Waals surface area contributed by atoms with Gasteiger partial charge in [0.25, 0.3) is 5.91 Å². The van der Waals surface area contributed by atoms with E-state index in [0.29, 0.717) is 25.1 Å². The molecule has 2 rings (SSSR count). The molecule has 0 aliphatic carbocycles. The van der Waals surface area contributed by atoms with Gasteiger partial charge in [0.05, 0.1) is 13.2 Å². The minimum Gasteiger partial charge on any atom is -0.499 e. The minimum absolute atomic E-state index is 0.0890. The first-order valence-corrected chi connectivity index (χ1v) is 11.9. The van der Waals surface area contributed by atoms with Crippen molar-refractivity contribution in [3.05, 3.63) is 25.0 Å². The van der Waals surface area contributed by atoms with E-state index in [2.05, 4.69) is 30.3 Å². The van der Waals surface area contributed by atoms with Crippen LogP contribution in [0.1, 0.15) is 84.0 Å². The summed E-state index contributed by atoms with van der Waals surface area (Å²) in [7, 11) is 1.54. The van der Waals surface area contributed by atoms with Gasteiger partial charge in [0.15, 0.2) is 0 Å². The zero-order valence-electron chi connectivity index (χ0n) is 19.9.